The molecule has 152 valence electrons. The average Bonchev–Trinajstić information content (AvgIpc) is 2.83. The fourth-order valence-corrected chi connectivity index (χ4v) is 3.61. The Balaban J connectivity index is 1.72. The number of nitrogens with zero attached hydrogens (tertiary/aromatic N) is 1. The second-order valence-electron chi connectivity index (χ2n) is 7.79. The molecule has 0 bridgehead atoms. The zero-order valence-electron chi connectivity index (χ0n) is 18.1. The molecule has 1 nitrogen and oxygen atoms in total. The maximum Gasteiger partial charge on any atom is 0.0455 e. The Morgan fingerprint density at radius 1 is 0.548 bits per heavy atom. The molecular weight excluding hydrogens is 374 g/mol. The van der Waals surface area contributed by atoms with Crippen molar-refractivity contribution in [3.8, 4) is 0 Å². The van der Waals surface area contributed by atoms with E-state index in [2.05, 4.69) is 140 Å². The Morgan fingerprint density at radius 2 is 1.00 bits per heavy atom. The second-order valence-corrected chi connectivity index (χ2v) is 7.79. The number of anilines is 2. The monoisotopic (exact) mass is 401 g/mol. The molecule has 0 heterocycles. The summed E-state index contributed by atoms with van der Waals surface area (Å²) in [5, 5.41) is 0. The van der Waals surface area contributed by atoms with Crippen molar-refractivity contribution in [2.24, 2.45) is 0 Å². The van der Waals surface area contributed by atoms with Crippen molar-refractivity contribution in [3.05, 3.63) is 144 Å². The highest BCUT2D eigenvalue weighted by Gasteiger charge is 2.08. The molecule has 0 saturated carbocycles. The minimum Gasteiger partial charge on any atom is -0.317 e. The predicted molar refractivity (Wildman–Crippen MR) is 134 cm³/mol. The van der Waals surface area contributed by atoms with E-state index in [-0.39, 0.29) is 0 Å². The molecule has 0 saturated heterocycles. The number of hydrogen-bond donors (Lipinski definition) is 0. The summed E-state index contributed by atoms with van der Waals surface area (Å²) >= 11 is 0. The van der Waals surface area contributed by atoms with Crippen molar-refractivity contribution in [2.75, 3.05) is 4.90 Å². The van der Waals surface area contributed by atoms with Crippen molar-refractivity contribution < 1.29 is 0 Å². The molecule has 4 rings (SSSR count). The van der Waals surface area contributed by atoms with Crippen LogP contribution in [0.15, 0.2) is 127 Å². The van der Waals surface area contributed by atoms with Crippen molar-refractivity contribution in [1.82, 2.24) is 0 Å². The largest absolute Gasteiger partial charge is 0.317 e. The third-order valence-corrected chi connectivity index (χ3v) is 5.07. The van der Waals surface area contributed by atoms with E-state index in [1.165, 1.54) is 27.8 Å². The molecular formula is C30H27N. The van der Waals surface area contributed by atoms with Crippen molar-refractivity contribution in [3.63, 3.8) is 0 Å². The first kappa shape index (κ1) is 20.4. The highest BCUT2D eigenvalue weighted by atomic mass is 15.1. The molecule has 4 aromatic carbocycles. The summed E-state index contributed by atoms with van der Waals surface area (Å²) in [6.07, 6.45) is 4.45. The summed E-state index contributed by atoms with van der Waals surface area (Å²) in [7, 11) is 0. The van der Waals surface area contributed by atoms with Gasteiger partial charge in [-0.05, 0) is 66.5 Å². The Kier molecular flexibility index (Phi) is 6.44. The van der Waals surface area contributed by atoms with Crippen LogP contribution in [-0.4, -0.2) is 0 Å². The van der Waals surface area contributed by atoms with Crippen LogP contribution >= 0.6 is 0 Å². The highest BCUT2D eigenvalue weighted by Crippen LogP contribution is 2.29. The molecule has 0 aliphatic rings. The van der Waals surface area contributed by atoms with Gasteiger partial charge in [0.1, 0.15) is 0 Å². The smallest absolute Gasteiger partial charge is 0.0455 e. The van der Waals surface area contributed by atoms with Crippen LogP contribution in [0, 0.1) is 0 Å². The Hall–Kier alpha value is -3.84. The summed E-state index contributed by atoms with van der Waals surface area (Å²) in [5.41, 5.74) is 8.38. The van der Waals surface area contributed by atoms with Crippen LogP contribution in [0.1, 0.15) is 30.5 Å². The minimum atomic E-state index is 1.14. The number of allylic oxidation sites excluding steroid dienone is 1. The van der Waals surface area contributed by atoms with E-state index < -0.39 is 0 Å². The zero-order valence-corrected chi connectivity index (χ0v) is 18.1. The molecule has 4 aromatic rings. The van der Waals surface area contributed by atoms with E-state index in [4.69, 9.17) is 0 Å². The van der Waals surface area contributed by atoms with Crippen molar-refractivity contribution in [2.45, 2.75) is 13.8 Å². The van der Waals surface area contributed by atoms with Gasteiger partial charge in [0.15, 0.2) is 0 Å². The lowest BCUT2D eigenvalue weighted by Gasteiger charge is -2.22. The molecule has 1 heteroatoms. The quantitative estimate of drug-likeness (QED) is 0.293. The average molecular weight is 402 g/mol. The second kappa shape index (κ2) is 9.77. The fourth-order valence-electron chi connectivity index (χ4n) is 3.61. The molecule has 0 aliphatic heterocycles. The maximum atomic E-state index is 2.27. The zero-order chi connectivity index (χ0) is 21.5. The molecule has 0 amide bonds. The topological polar surface area (TPSA) is 3.24 Å². The van der Waals surface area contributed by atoms with Gasteiger partial charge in [0.2, 0.25) is 0 Å². The Labute approximate surface area is 185 Å². The fraction of sp³-hybridized carbons (Fsp3) is 0.0667. The first-order valence-electron chi connectivity index (χ1n) is 10.6. The van der Waals surface area contributed by atoms with Gasteiger partial charge >= 0.3 is 0 Å². The molecule has 0 aliphatic carbocycles. The summed E-state index contributed by atoms with van der Waals surface area (Å²) in [6, 6.07) is 40.4. The SMILES string of the molecule is CC(C)=CN(c1ccccc1)c1ccc(C=C(c2ccccc2)c2ccccc2)cc1. The first-order chi connectivity index (χ1) is 15.2. The van der Waals surface area contributed by atoms with Crippen molar-refractivity contribution in [1.29, 1.82) is 0 Å². The minimum absolute atomic E-state index is 1.14. The molecule has 0 fully saturated rings. The van der Waals surface area contributed by atoms with E-state index >= 15 is 0 Å². The predicted octanol–water partition coefficient (Wildman–Crippen LogP) is 8.34. The maximum absolute atomic E-state index is 2.27. The van der Waals surface area contributed by atoms with Crippen LogP contribution < -0.4 is 4.90 Å². The highest BCUT2D eigenvalue weighted by molar-refractivity contribution is 5.91. The van der Waals surface area contributed by atoms with Gasteiger partial charge in [-0.25, -0.2) is 0 Å². The van der Waals surface area contributed by atoms with E-state index in [0.717, 1.165) is 11.4 Å². The Bertz CT molecular complexity index is 1110. The van der Waals surface area contributed by atoms with Gasteiger partial charge in [0, 0.05) is 17.6 Å². The van der Waals surface area contributed by atoms with Gasteiger partial charge in [-0.2, -0.15) is 0 Å². The normalized spacial score (nSPS) is 10.3. The van der Waals surface area contributed by atoms with E-state index in [9.17, 15) is 0 Å². The summed E-state index contributed by atoms with van der Waals surface area (Å²) < 4.78 is 0. The molecule has 0 unspecified atom stereocenters. The Morgan fingerprint density at radius 3 is 1.48 bits per heavy atom. The molecule has 0 spiro atoms. The molecule has 0 N–H and O–H groups in total. The van der Waals surface area contributed by atoms with Crippen LogP contribution in [0.2, 0.25) is 0 Å². The van der Waals surface area contributed by atoms with Crippen LogP contribution in [0.5, 0.6) is 0 Å². The van der Waals surface area contributed by atoms with Crippen LogP contribution in [0.4, 0.5) is 11.4 Å². The van der Waals surface area contributed by atoms with Gasteiger partial charge in [0.25, 0.3) is 0 Å². The van der Waals surface area contributed by atoms with E-state index in [0.29, 0.717) is 0 Å². The van der Waals surface area contributed by atoms with Gasteiger partial charge in [-0.15, -0.1) is 0 Å². The van der Waals surface area contributed by atoms with Crippen LogP contribution in [0.3, 0.4) is 0 Å². The number of hydrogen-bond acceptors (Lipinski definition) is 1. The van der Waals surface area contributed by atoms with Crippen molar-refractivity contribution >= 4 is 23.0 Å². The van der Waals surface area contributed by atoms with Gasteiger partial charge < -0.3 is 4.90 Å². The van der Waals surface area contributed by atoms with E-state index in [1.807, 2.05) is 6.07 Å². The molecule has 0 aromatic heterocycles. The lowest BCUT2D eigenvalue weighted by atomic mass is 9.96. The standard InChI is InChI=1S/C30H27N/c1-24(2)23-31(28-16-10-5-11-17-28)29-20-18-25(19-21-29)22-30(26-12-6-3-7-13-26)27-14-8-4-9-15-27/h3-23H,1-2H3. The molecule has 0 atom stereocenters. The molecule has 0 radical (unpaired) electrons. The summed E-state index contributed by atoms with van der Waals surface area (Å²) in [6.45, 7) is 4.25. The number of rotatable bonds is 6. The summed E-state index contributed by atoms with van der Waals surface area (Å²) in [5.74, 6) is 0. The van der Waals surface area contributed by atoms with Gasteiger partial charge in [-0.3, -0.25) is 0 Å². The molecule has 31 heavy (non-hydrogen) atoms. The lowest BCUT2D eigenvalue weighted by molar-refractivity contribution is 1.22. The van der Waals surface area contributed by atoms with E-state index in [1.54, 1.807) is 0 Å². The third-order valence-electron chi connectivity index (χ3n) is 5.07. The van der Waals surface area contributed by atoms with Gasteiger partial charge in [-0.1, -0.05) is 96.6 Å². The lowest BCUT2D eigenvalue weighted by Crippen LogP contribution is -2.08. The summed E-state index contributed by atoms with van der Waals surface area (Å²) in [4.78, 5) is 2.23. The van der Waals surface area contributed by atoms with Crippen LogP contribution in [0.25, 0.3) is 11.6 Å². The van der Waals surface area contributed by atoms with Gasteiger partial charge in [0.05, 0.1) is 0 Å². The number of benzene rings is 4. The third kappa shape index (κ3) is 5.21. The first-order valence-corrected chi connectivity index (χ1v) is 10.6. The number of para-hydroxylation sites is 1. The van der Waals surface area contributed by atoms with Crippen LogP contribution in [-0.2, 0) is 0 Å².